The molecule has 0 radical (unpaired) electrons. The van der Waals surface area contributed by atoms with Crippen LogP contribution in [0.2, 0.25) is 0 Å². The maximum atomic E-state index is 13.4. The van der Waals surface area contributed by atoms with Crippen molar-refractivity contribution in [1.29, 1.82) is 0 Å². The Morgan fingerprint density at radius 3 is 2.09 bits per heavy atom. The van der Waals surface area contributed by atoms with Crippen LogP contribution < -0.4 is 10.9 Å². The van der Waals surface area contributed by atoms with E-state index in [9.17, 15) is 31.2 Å². The number of hydrogen-bond acceptors (Lipinski definition) is 7. The van der Waals surface area contributed by atoms with Crippen molar-refractivity contribution in [2.45, 2.75) is 43.9 Å². The molecular formula is C18H25B4F3O8S. The van der Waals surface area contributed by atoms with Crippen LogP contribution >= 0.6 is 0 Å². The molecule has 1 heterocycles. The van der Waals surface area contributed by atoms with Crippen LogP contribution in [0.5, 0.6) is 0 Å². The van der Waals surface area contributed by atoms with Crippen LogP contribution in [0.4, 0.5) is 13.2 Å². The van der Waals surface area contributed by atoms with E-state index in [-0.39, 0.29) is 18.5 Å². The molecule has 2 rings (SSSR count). The fourth-order valence-electron chi connectivity index (χ4n) is 4.02. The molecule has 1 aliphatic rings. The number of hydrogen-bond donors (Lipinski definition) is 1. The monoisotopic (exact) mass is 502 g/mol. The Morgan fingerprint density at radius 2 is 1.68 bits per heavy atom. The number of benzene rings is 1. The average molecular weight is 502 g/mol. The standard InChI is InChI=1S/C18H25B4F3O8S/c1-17(2-3-32-17)7-31-15(26)12-11(8(4-19)13(21)9(5-20)14(12)22)16(27)33-10(18(23,24)25)6-34(28,29)30/h10H,2-7,19-22H2,1H3,(H,28,29,30). The Bertz CT molecular complexity index is 1070. The predicted molar refractivity (Wildman–Crippen MR) is 128 cm³/mol. The Morgan fingerprint density at radius 1 is 1.12 bits per heavy atom. The van der Waals surface area contributed by atoms with Gasteiger partial charge >= 0.3 is 18.1 Å². The molecule has 1 saturated heterocycles. The third kappa shape index (κ3) is 6.39. The van der Waals surface area contributed by atoms with E-state index in [0.717, 1.165) is 5.56 Å². The lowest BCUT2D eigenvalue weighted by Crippen LogP contribution is -2.46. The first kappa shape index (κ1) is 28.3. The normalized spacial score (nSPS) is 19.2. The van der Waals surface area contributed by atoms with E-state index in [1.807, 2.05) is 7.85 Å². The summed E-state index contributed by atoms with van der Waals surface area (Å²) in [5.41, 5.74) is 0.650. The highest BCUT2D eigenvalue weighted by atomic mass is 32.2. The van der Waals surface area contributed by atoms with Crippen LogP contribution in [0.3, 0.4) is 0 Å². The molecule has 1 N–H and O–H groups in total. The fourth-order valence-corrected chi connectivity index (χ4v) is 4.66. The highest BCUT2D eigenvalue weighted by Crippen LogP contribution is 2.28. The van der Waals surface area contributed by atoms with E-state index in [1.165, 1.54) is 0 Å². The summed E-state index contributed by atoms with van der Waals surface area (Å²) in [5, 5.41) is 0. The van der Waals surface area contributed by atoms with Gasteiger partial charge in [0.1, 0.15) is 49.3 Å². The van der Waals surface area contributed by atoms with Crippen LogP contribution in [0.1, 0.15) is 45.2 Å². The first-order valence-electron chi connectivity index (χ1n) is 10.7. The van der Waals surface area contributed by atoms with Gasteiger partial charge in [-0.1, -0.05) is 29.1 Å². The molecule has 8 nitrogen and oxygen atoms in total. The lowest BCUT2D eigenvalue weighted by molar-refractivity contribution is -0.197. The molecule has 2 atom stereocenters. The van der Waals surface area contributed by atoms with Crippen molar-refractivity contribution < 1.29 is 49.9 Å². The number of ether oxygens (including phenoxy) is 3. The largest absolute Gasteiger partial charge is 0.459 e. The lowest BCUT2D eigenvalue weighted by atomic mass is 9.68. The molecule has 1 aromatic rings. The maximum Gasteiger partial charge on any atom is 0.426 e. The van der Waals surface area contributed by atoms with Crippen LogP contribution in [-0.4, -0.2) is 93.1 Å². The molecule has 0 spiro atoms. The van der Waals surface area contributed by atoms with Crippen molar-refractivity contribution in [2.75, 3.05) is 19.0 Å². The number of alkyl halides is 3. The smallest absolute Gasteiger partial charge is 0.426 e. The van der Waals surface area contributed by atoms with Gasteiger partial charge in [0.15, 0.2) is 0 Å². The van der Waals surface area contributed by atoms with Crippen molar-refractivity contribution in [3.8, 4) is 0 Å². The summed E-state index contributed by atoms with van der Waals surface area (Å²) in [6.07, 6.45) is -7.10. The van der Waals surface area contributed by atoms with E-state index in [4.69, 9.17) is 14.0 Å². The first-order valence-corrected chi connectivity index (χ1v) is 12.3. The van der Waals surface area contributed by atoms with Gasteiger partial charge in [0, 0.05) is 6.42 Å². The zero-order valence-corrected chi connectivity index (χ0v) is 20.5. The zero-order chi connectivity index (χ0) is 26.1. The molecule has 1 aliphatic heterocycles. The maximum absolute atomic E-state index is 13.4. The second-order valence-electron chi connectivity index (χ2n) is 8.47. The number of halogens is 3. The van der Waals surface area contributed by atoms with Gasteiger partial charge in [0.05, 0.1) is 17.7 Å². The Labute approximate surface area is 199 Å². The van der Waals surface area contributed by atoms with E-state index >= 15 is 0 Å². The molecule has 1 fully saturated rings. The highest BCUT2D eigenvalue weighted by Gasteiger charge is 2.46. The first-order chi connectivity index (χ1) is 15.5. The molecule has 0 amide bonds. The van der Waals surface area contributed by atoms with Gasteiger partial charge in [0.25, 0.3) is 10.1 Å². The Balaban J connectivity index is 2.59. The van der Waals surface area contributed by atoms with Gasteiger partial charge < -0.3 is 14.2 Å². The predicted octanol–water partition coefficient (Wildman–Crippen LogP) is -3.22. The number of rotatable bonds is 9. The number of carbonyl (C=O) groups is 2. The van der Waals surface area contributed by atoms with Crippen molar-refractivity contribution in [1.82, 2.24) is 0 Å². The van der Waals surface area contributed by atoms with Crippen LogP contribution in [0, 0.1) is 0 Å². The Hall–Kier alpha value is -1.92. The summed E-state index contributed by atoms with van der Waals surface area (Å²) in [6.45, 7) is 2.12. The van der Waals surface area contributed by atoms with E-state index in [0.29, 0.717) is 35.8 Å². The van der Waals surface area contributed by atoms with Gasteiger partial charge in [-0.25, -0.2) is 9.59 Å². The Kier molecular flexibility index (Phi) is 8.64. The van der Waals surface area contributed by atoms with Crippen LogP contribution in [-0.2, 0) is 37.0 Å². The number of carbonyl (C=O) groups excluding carboxylic acids is 2. The SMILES string of the molecule is BCc1c(B)c(CB)c(C(=O)OC(CS(=O)(=O)O)C(F)(F)F)c(C(=O)OCC2(C)CCO2)c1B. The summed E-state index contributed by atoms with van der Waals surface area (Å²) in [4.78, 5) is 26.1. The second-order valence-corrected chi connectivity index (χ2v) is 9.97. The quantitative estimate of drug-likeness (QED) is 0.213. The molecule has 0 aromatic heterocycles. The topological polar surface area (TPSA) is 116 Å². The van der Waals surface area contributed by atoms with Gasteiger partial charge in [0.2, 0.25) is 6.10 Å². The average Bonchev–Trinajstić information content (AvgIpc) is 2.68. The zero-order valence-electron chi connectivity index (χ0n) is 19.7. The lowest BCUT2D eigenvalue weighted by Gasteiger charge is -2.37. The van der Waals surface area contributed by atoms with Gasteiger partial charge in [-0.2, -0.15) is 21.6 Å². The van der Waals surface area contributed by atoms with Gasteiger partial charge in [-0.3, -0.25) is 4.55 Å². The molecule has 0 saturated carbocycles. The minimum absolute atomic E-state index is 0.121. The van der Waals surface area contributed by atoms with Crippen LogP contribution in [0.15, 0.2) is 0 Å². The summed E-state index contributed by atoms with van der Waals surface area (Å²) in [6, 6.07) is 0. The minimum atomic E-state index is -5.28. The molecule has 1 aromatic carbocycles. The molecule has 2 unspecified atom stereocenters. The van der Waals surface area contributed by atoms with Crippen molar-refractivity contribution in [3.05, 3.63) is 22.3 Å². The molecule has 34 heavy (non-hydrogen) atoms. The number of esters is 2. The van der Waals surface area contributed by atoms with Crippen molar-refractivity contribution in [3.63, 3.8) is 0 Å². The molecular weight excluding hydrogens is 476 g/mol. The summed E-state index contributed by atoms with van der Waals surface area (Å²) in [5.74, 6) is -4.33. The van der Waals surface area contributed by atoms with E-state index in [2.05, 4.69) is 4.74 Å². The van der Waals surface area contributed by atoms with Gasteiger partial charge in [-0.05, 0) is 12.5 Å². The molecule has 16 heteroatoms. The van der Waals surface area contributed by atoms with E-state index < -0.39 is 51.3 Å². The third-order valence-corrected chi connectivity index (χ3v) is 6.69. The van der Waals surface area contributed by atoms with Gasteiger partial charge in [-0.15, -0.1) is 0 Å². The van der Waals surface area contributed by atoms with Crippen LogP contribution in [0.25, 0.3) is 0 Å². The molecule has 0 aliphatic carbocycles. The third-order valence-electron chi connectivity index (χ3n) is 5.97. The van der Waals surface area contributed by atoms with Crippen molar-refractivity contribution in [2.24, 2.45) is 0 Å². The highest BCUT2D eigenvalue weighted by molar-refractivity contribution is 7.85. The fraction of sp³-hybridized carbons (Fsp3) is 0.556. The summed E-state index contributed by atoms with van der Waals surface area (Å²) < 4.78 is 86.5. The summed E-state index contributed by atoms with van der Waals surface area (Å²) in [7, 11) is 1.60. The molecule has 0 bridgehead atoms. The van der Waals surface area contributed by atoms with E-state index in [1.54, 1.807) is 30.5 Å². The summed E-state index contributed by atoms with van der Waals surface area (Å²) >= 11 is 0. The second kappa shape index (κ2) is 10.4. The van der Waals surface area contributed by atoms with Crippen molar-refractivity contribution >= 4 is 64.4 Å². The molecule has 184 valence electrons. The minimum Gasteiger partial charge on any atom is -0.459 e.